The van der Waals surface area contributed by atoms with Gasteiger partial charge in [-0.25, -0.2) is 4.98 Å². The van der Waals surface area contributed by atoms with Crippen molar-refractivity contribution in [1.82, 2.24) is 14.3 Å². The molecule has 0 unspecified atom stereocenters. The summed E-state index contributed by atoms with van der Waals surface area (Å²) >= 11 is 16.8. The van der Waals surface area contributed by atoms with Gasteiger partial charge < -0.3 is 9.88 Å². The molecule has 4 aromatic carbocycles. The van der Waals surface area contributed by atoms with E-state index in [-0.39, 0.29) is 0 Å². The Morgan fingerprint density at radius 2 is 1.48 bits per heavy atom. The van der Waals surface area contributed by atoms with Gasteiger partial charge in [-0.2, -0.15) is 0 Å². The SMILES string of the molecule is CCCCCc1ccc(-c2ccc(Cc3nc(-c4ccc(Cl)cc4Cl)cn3-c3ccc(NCCNS)cc3)cc2)cc1. The van der Waals surface area contributed by atoms with Gasteiger partial charge in [-0.05, 0) is 77.6 Å². The molecule has 1 heterocycles. The van der Waals surface area contributed by atoms with E-state index in [1.54, 1.807) is 6.07 Å². The van der Waals surface area contributed by atoms with Gasteiger partial charge in [0, 0.05) is 47.7 Å². The van der Waals surface area contributed by atoms with Crippen LogP contribution in [-0.2, 0) is 12.8 Å². The molecular formula is C35H36Cl2N4S. The van der Waals surface area contributed by atoms with Crippen LogP contribution in [-0.4, -0.2) is 22.6 Å². The van der Waals surface area contributed by atoms with Gasteiger partial charge in [0.15, 0.2) is 0 Å². The molecule has 0 spiro atoms. The number of imidazole rings is 1. The second-order valence-electron chi connectivity index (χ2n) is 10.4. The Morgan fingerprint density at radius 1 is 0.786 bits per heavy atom. The normalized spacial score (nSPS) is 11.1. The van der Waals surface area contributed by atoms with Crippen LogP contribution >= 0.6 is 36.0 Å². The summed E-state index contributed by atoms with van der Waals surface area (Å²) in [5, 5.41) is 4.57. The van der Waals surface area contributed by atoms with E-state index >= 15 is 0 Å². The van der Waals surface area contributed by atoms with Crippen LogP contribution in [0.3, 0.4) is 0 Å². The summed E-state index contributed by atoms with van der Waals surface area (Å²) in [6, 6.07) is 31.7. The van der Waals surface area contributed by atoms with Crippen molar-refractivity contribution in [2.24, 2.45) is 0 Å². The monoisotopic (exact) mass is 614 g/mol. The Labute approximate surface area is 264 Å². The molecule has 5 aromatic rings. The molecule has 4 nitrogen and oxygen atoms in total. The Morgan fingerprint density at radius 3 is 2.12 bits per heavy atom. The molecule has 0 aliphatic rings. The van der Waals surface area contributed by atoms with Gasteiger partial charge in [0.25, 0.3) is 0 Å². The Bertz CT molecular complexity index is 1580. The maximum atomic E-state index is 6.58. The highest BCUT2D eigenvalue weighted by Gasteiger charge is 2.15. The Hall–Kier alpha value is -3.22. The number of thiol groups is 1. The van der Waals surface area contributed by atoms with E-state index in [0.29, 0.717) is 16.5 Å². The molecule has 0 bridgehead atoms. The summed E-state index contributed by atoms with van der Waals surface area (Å²) in [5.41, 5.74) is 8.79. The molecule has 0 aliphatic heterocycles. The fourth-order valence-corrected chi connectivity index (χ4v) is 5.65. The third-order valence-electron chi connectivity index (χ3n) is 7.37. The van der Waals surface area contributed by atoms with Gasteiger partial charge in [-0.1, -0.05) is 104 Å². The van der Waals surface area contributed by atoms with Crippen molar-refractivity contribution in [2.75, 3.05) is 18.4 Å². The second kappa shape index (κ2) is 14.8. The van der Waals surface area contributed by atoms with Crippen LogP contribution in [0.4, 0.5) is 5.69 Å². The number of aryl methyl sites for hydroxylation is 1. The summed E-state index contributed by atoms with van der Waals surface area (Å²) in [6.45, 7) is 3.80. The van der Waals surface area contributed by atoms with Crippen LogP contribution in [0.2, 0.25) is 10.0 Å². The minimum Gasteiger partial charge on any atom is -0.384 e. The third kappa shape index (κ3) is 7.78. The maximum Gasteiger partial charge on any atom is 0.118 e. The summed E-state index contributed by atoms with van der Waals surface area (Å²) in [5.74, 6) is 0.931. The molecule has 5 rings (SSSR count). The summed E-state index contributed by atoms with van der Waals surface area (Å²) in [6.07, 6.45) is 7.66. The number of rotatable bonds is 13. The predicted molar refractivity (Wildman–Crippen MR) is 182 cm³/mol. The van der Waals surface area contributed by atoms with Crippen LogP contribution in [0, 0.1) is 0 Å². The van der Waals surface area contributed by atoms with Crippen LogP contribution in [0.15, 0.2) is 97.2 Å². The first-order valence-electron chi connectivity index (χ1n) is 14.5. The van der Waals surface area contributed by atoms with Crippen molar-refractivity contribution in [2.45, 2.75) is 39.0 Å². The van der Waals surface area contributed by atoms with Gasteiger partial charge in [0.05, 0.1) is 10.7 Å². The van der Waals surface area contributed by atoms with E-state index < -0.39 is 0 Å². The molecule has 0 radical (unpaired) electrons. The standard InChI is InChI=1S/C35H36Cl2N4S/c1-2-3-4-5-25-6-10-27(11-7-25)28-12-8-26(9-13-28)22-35-40-34(32-19-14-29(36)23-33(32)37)24-41(35)31-17-15-30(16-18-31)38-20-21-39-42/h6-19,23-24,38-39,42H,2-5,20-22H2,1H3. The predicted octanol–water partition coefficient (Wildman–Crippen LogP) is 9.68. The molecule has 0 atom stereocenters. The van der Waals surface area contributed by atoms with E-state index in [0.717, 1.165) is 48.0 Å². The van der Waals surface area contributed by atoms with Crippen LogP contribution in [0.5, 0.6) is 0 Å². The second-order valence-corrected chi connectivity index (χ2v) is 11.6. The smallest absolute Gasteiger partial charge is 0.118 e. The number of anilines is 1. The highest BCUT2D eigenvalue weighted by atomic mass is 35.5. The van der Waals surface area contributed by atoms with Gasteiger partial charge in [0.1, 0.15) is 5.82 Å². The highest BCUT2D eigenvalue weighted by molar-refractivity contribution is 7.78. The molecule has 0 saturated carbocycles. The molecule has 0 fully saturated rings. The zero-order valence-corrected chi connectivity index (χ0v) is 26.2. The molecule has 2 N–H and O–H groups in total. The topological polar surface area (TPSA) is 41.9 Å². The minimum atomic E-state index is 0.580. The summed E-state index contributed by atoms with van der Waals surface area (Å²) in [7, 11) is 0. The van der Waals surface area contributed by atoms with Crippen molar-refractivity contribution >= 4 is 41.7 Å². The molecule has 216 valence electrons. The van der Waals surface area contributed by atoms with E-state index in [9.17, 15) is 0 Å². The fraction of sp³-hybridized carbons (Fsp3) is 0.229. The van der Waals surface area contributed by atoms with Gasteiger partial charge >= 0.3 is 0 Å². The molecule has 0 aliphatic carbocycles. The Balaban J connectivity index is 1.39. The lowest BCUT2D eigenvalue weighted by Gasteiger charge is -2.11. The van der Waals surface area contributed by atoms with Gasteiger partial charge in [-0.15, -0.1) is 0 Å². The largest absolute Gasteiger partial charge is 0.384 e. The number of hydrogen-bond acceptors (Lipinski definition) is 4. The van der Waals surface area contributed by atoms with E-state index in [2.05, 4.69) is 107 Å². The summed E-state index contributed by atoms with van der Waals surface area (Å²) < 4.78 is 5.00. The molecule has 0 saturated heterocycles. The van der Waals surface area contributed by atoms with Crippen molar-refractivity contribution in [3.8, 4) is 28.1 Å². The average molecular weight is 616 g/mol. The zero-order valence-electron chi connectivity index (χ0n) is 23.8. The van der Waals surface area contributed by atoms with Crippen molar-refractivity contribution in [3.63, 3.8) is 0 Å². The van der Waals surface area contributed by atoms with Crippen LogP contribution in [0.1, 0.15) is 43.1 Å². The average Bonchev–Trinajstić information content (AvgIpc) is 3.42. The number of benzene rings is 4. The third-order valence-corrected chi connectivity index (χ3v) is 8.14. The highest BCUT2D eigenvalue weighted by Crippen LogP contribution is 2.32. The fourth-order valence-electron chi connectivity index (χ4n) is 5.04. The zero-order chi connectivity index (χ0) is 29.3. The molecule has 7 heteroatoms. The Kier molecular flexibility index (Phi) is 10.7. The number of halogens is 2. The first-order valence-corrected chi connectivity index (χ1v) is 15.7. The molecule has 1 aromatic heterocycles. The van der Waals surface area contributed by atoms with Crippen LogP contribution < -0.4 is 10.0 Å². The van der Waals surface area contributed by atoms with Crippen molar-refractivity contribution in [3.05, 3.63) is 124 Å². The van der Waals surface area contributed by atoms with Crippen molar-refractivity contribution in [1.29, 1.82) is 0 Å². The molecule has 42 heavy (non-hydrogen) atoms. The van der Waals surface area contributed by atoms with Gasteiger partial charge in [-0.3, -0.25) is 4.72 Å². The van der Waals surface area contributed by atoms with Gasteiger partial charge in [0.2, 0.25) is 0 Å². The van der Waals surface area contributed by atoms with Crippen molar-refractivity contribution < 1.29 is 0 Å². The van der Waals surface area contributed by atoms with E-state index in [4.69, 9.17) is 28.2 Å². The maximum absolute atomic E-state index is 6.58. The van der Waals surface area contributed by atoms with Crippen LogP contribution in [0.25, 0.3) is 28.1 Å². The molecular weight excluding hydrogens is 579 g/mol. The lowest BCUT2D eigenvalue weighted by atomic mass is 10.00. The van der Waals surface area contributed by atoms with E-state index in [1.807, 2.05) is 18.3 Å². The number of unbranched alkanes of at least 4 members (excludes halogenated alkanes) is 2. The number of nitrogens with zero attached hydrogens (tertiary/aromatic N) is 2. The first kappa shape index (κ1) is 30.2. The number of hydrogen-bond donors (Lipinski definition) is 3. The number of aromatic nitrogens is 2. The summed E-state index contributed by atoms with van der Waals surface area (Å²) in [4.78, 5) is 5.05. The van der Waals surface area contributed by atoms with E-state index in [1.165, 1.54) is 41.5 Å². The quantitative estimate of drug-likeness (QED) is 0.0913. The lowest BCUT2D eigenvalue weighted by molar-refractivity contribution is 0.717. The first-order chi connectivity index (χ1) is 20.5. The number of nitrogens with one attached hydrogen (secondary N) is 2. The molecule has 0 amide bonds. The minimum absolute atomic E-state index is 0.580. The lowest BCUT2D eigenvalue weighted by Crippen LogP contribution is -2.14.